The van der Waals surface area contributed by atoms with E-state index in [2.05, 4.69) is 10.2 Å². The summed E-state index contributed by atoms with van der Waals surface area (Å²) >= 11 is 1.42. The van der Waals surface area contributed by atoms with Gasteiger partial charge in [-0.15, -0.1) is 10.2 Å². The van der Waals surface area contributed by atoms with Gasteiger partial charge in [-0.2, -0.15) is 0 Å². The summed E-state index contributed by atoms with van der Waals surface area (Å²) < 4.78 is 0. The van der Waals surface area contributed by atoms with Gasteiger partial charge in [0.05, 0.1) is 6.54 Å². The molecular formula is C9H15N3O2S. The second-order valence-electron chi connectivity index (χ2n) is 4.25. The van der Waals surface area contributed by atoms with Crippen LogP contribution in [0.3, 0.4) is 0 Å². The molecular weight excluding hydrogens is 214 g/mol. The van der Waals surface area contributed by atoms with Crippen LogP contribution in [0.15, 0.2) is 0 Å². The van der Waals surface area contributed by atoms with Gasteiger partial charge in [0.1, 0.15) is 10.0 Å². The summed E-state index contributed by atoms with van der Waals surface area (Å²) in [5.74, 6) is 0. The van der Waals surface area contributed by atoms with Crippen molar-refractivity contribution in [2.24, 2.45) is 0 Å². The molecule has 1 heterocycles. The van der Waals surface area contributed by atoms with Crippen molar-refractivity contribution in [2.45, 2.75) is 39.8 Å². The standard InChI is InChI=1S/C9H15N3O2S/c1-6-10-11-7(15-6)5-12(8(13)14)9(2,3)4/h5H2,1-4H3,(H,13,14). The van der Waals surface area contributed by atoms with Gasteiger partial charge in [-0.1, -0.05) is 11.3 Å². The first kappa shape index (κ1) is 11.9. The molecule has 0 unspecified atom stereocenters. The summed E-state index contributed by atoms with van der Waals surface area (Å²) in [5.41, 5.74) is -0.425. The zero-order chi connectivity index (χ0) is 11.6. The van der Waals surface area contributed by atoms with Crippen LogP contribution in [0.2, 0.25) is 0 Å². The fraction of sp³-hybridized carbons (Fsp3) is 0.667. The van der Waals surface area contributed by atoms with Crippen LogP contribution >= 0.6 is 11.3 Å². The fourth-order valence-electron chi connectivity index (χ4n) is 1.13. The van der Waals surface area contributed by atoms with Crippen molar-refractivity contribution in [2.75, 3.05) is 0 Å². The molecule has 0 aromatic carbocycles. The third-order valence-corrected chi connectivity index (χ3v) is 2.73. The van der Waals surface area contributed by atoms with Crippen molar-refractivity contribution >= 4 is 17.4 Å². The molecule has 0 aliphatic rings. The van der Waals surface area contributed by atoms with Gasteiger partial charge in [-0.25, -0.2) is 4.79 Å². The summed E-state index contributed by atoms with van der Waals surface area (Å²) in [6.07, 6.45) is -0.935. The average Bonchev–Trinajstić information content (AvgIpc) is 2.44. The highest BCUT2D eigenvalue weighted by atomic mass is 32.1. The zero-order valence-electron chi connectivity index (χ0n) is 9.31. The molecule has 1 aromatic rings. The fourth-order valence-corrected chi connectivity index (χ4v) is 1.83. The van der Waals surface area contributed by atoms with Gasteiger partial charge < -0.3 is 5.11 Å². The molecule has 0 aliphatic heterocycles. The van der Waals surface area contributed by atoms with Crippen LogP contribution in [0.25, 0.3) is 0 Å². The Balaban J connectivity index is 2.81. The minimum atomic E-state index is -0.935. The smallest absolute Gasteiger partial charge is 0.408 e. The largest absolute Gasteiger partial charge is 0.465 e. The monoisotopic (exact) mass is 229 g/mol. The van der Waals surface area contributed by atoms with E-state index in [1.165, 1.54) is 16.2 Å². The van der Waals surface area contributed by atoms with E-state index < -0.39 is 11.6 Å². The van der Waals surface area contributed by atoms with E-state index in [1.807, 2.05) is 27.7 Å². The molecule has 0 saturated carbocycles. The van der Waals surface area contributed by atoms with Crippen molar-refractivity contribution in [3.63, 3.8) is 0 Å². The summed E-state index contributed by atoms with van der Waals surface area (Å²) in [7, 11) is 0. The lowest BCUT2D eigenvalue weighted by Crippen LogP contribution is -2.44. The number of aromatic nitrogens is 2. The van der Waals surface area contributed by atoms with Crippen molar-refractivity contribution in [3.8, 4) is 0 Å². The van der Waals surface area contributed by atoms with Gasteiger partial charge in [0.2, 0.25) is 0 Å². The lowest BCUT2D eigenvalue weighted by Gasteiger charge is -2.32. The summed E-state index contributed by atoms with van der Waals surface area (Å²) in [6, 6.07) is 0. The molecule has 0 saturated heterocycles. The van der Waals surface area contributed by atoms with E-state index in [4.69, 9.17) is 5.11 Å². The molecule has 84 valence electrons. The van der Waals surface area contributed by atoms with Gasteiger partial charge in [0, 0.05) is 5.54 Å². The van der Waals surface area contributed by atoms with E-state index >= 15 is 0 Å². The average molecular weight is 229 g/mol. The highest BCUT2D eigenvalue weighted by Crippen LogP contribution is 2.19. The number of hydrogen-bond donors (Lipinski definition) is 1. The van der Waals surface area contributed by atoms with Crippen LogP contribution in [0.5, 0.6) is 0 Å². The highest BCUT2D eigenvalue weighted by molar-refractivity contribution is 7.11. The maximum absolute atomic E-state index is 11.0. The third-order valence-electron chi connectivity index (χ3n) is 1.90. The van der Waals surface area contributed by atoms with Gasteiger partial charge in [0.15, 0.2) is 0 Å². The first-order chi connectivity index (χ1) is 6.80. The topological polar surface area (TPSA) is 66.3 Å². The number of carbonyl (C=O) groups is 1. The van der Waals surface area contributed by atoms with Crippen molar-refractivity contribution in [1.29, 1.82) is 0 Å². The van der Waals surface area contributed by atoms with Crippen LogP contribution in [0.1, 0.15) is 30.8 Å². The maximum atomic E-state index is 11.0. The Morgan fingerprint density at radius 1 is 1.47 bits per heavy atom. The molecule has 6 heteroatoms. The van der Waals surface area contributed by atoms with Gasteiger partial charge in [-0.3, -0.25) is 4.90 Å². The number of amides is 1. The summed E-state index contributed by atoms with van der Waals surface area (Å²) in [6.45, 7) is 7.72. The lowest BCUT2D eigenvalue weighted by atomic mass is 10.1. The van der Waals surface area contributed by atoms with E-state index in [1.54, 1.807) is 0 Å². The molecule has 0 aliphatic carbocycles. The van der Waals surface area contributed by atoms with E-state index in [0.717, 1.165) is 10.0 Å². The Hall–Kier alpha value is -1.17. The van der Waals surface area contributed by atoms with Crippen molar-refractivity contribution in [3.05, 3.63) is 10.0 Å². The van der Waals surface area contributed by atoms with Crippen LogP contribution in [0, 0.1) is 6.92 Å². The predicted octanol–water partition coefficient (Wildman–Crippen LogP) is 2.13. The predicted molar refractivity (Wildman–Crippen MR) is 58.0 cm³/mol. The van der Waals surface area contributed by atoms with Crippen LogP contribution in [-0.4, -0.2) is 31.8 Å². The van der Waals surface area contributed by atoms with Gasteiger partial charge >= 0.3 is 6.09 Å². The van der Waals surface area contributed by atoms with Gasteiger partial charge in [-0.05, 0) is 27.7 Å². The summed E-state index contributed by atoms with van der Waals surface area (Å²) in [5, 5.41) is 18.4. The first-order valence-corrected chi connectivity index (χ1v) is 5.42. The van der Waals surface area contributed by atoms with E-state index in [9.17, 15) is 4.79 Å². The number of aryl methyl sites for hydroxylation is 1. The molecule has 0 atom stereocenters. The Bertz CT molecular complexity index is 356. The molecule has 1 N–H and O–H groups in total. The minimum absolute atomic E-state index is 0.296. The Morgan fingerprint density at radius 3 is 2.40 bits per heavy atom. The summed E-state index contributed by atoms with van der Waals surface area (Å²) in [4.78, 5) is 12.4. The Morgan fingerprint density at radius 2 is 2.07 bits per heavy atom. The SMILES string of the molecule is Cc1nnc(CN(C(=O)O)C(C)(C)C)s1. The van der Waals surface area contributed by atoms with Crippen molar-refractivity contribution < 1.29 is 9.90 Å². The second kappa shape index (κ2) is 4.14. The molecule has 1 aromatic heterocycles. The molecule has 0 spiro atoms. The minimum Gasteiger partial charge on any atom is -0.465 e. The highest BCUT2D eigenvalue weighted by Gasteiger charge is 2.27. The molecule has 0 bridgehead atoms. The molecule has 0 fully saturated rings. The van der Waals surface area contributed by atoms with Gasteiger partial charge in [0.25, 0.3) is 0 Å². The van der Waals surface area contributed by atoms with Crippen molar-refractivity contribution in [1.82, 2.24) is 15.1 Å². The Labute approximate surface area is 92.7 Å². The normalized spacial score (nSPS) is 11.5. The van der Waals surface area contributed by atoms with Crippen LogP contribution in [0.4, 0.5) is 4.79 Å². The van der Waals surface area contributed by atoms with E-state index in [0.29, 0.717) is 6.54 Å². The molecule has 15 heavy (non-hydrogen) atoms. The second-order valence-corrected chi connectivity index (χ2v) is 5.52. The molecule has 1 rings (SSSR count). The molecule has 5 nitrogen and oxygen atoms in total. The lowest BCUT2D eigenvalue weighted by molar-refractivity contribution is 0.0954. The maximum Gasteiger partial charge on any atom is 0.408 e. The first-order valence-electron chi connectivity index (χ1n) is 4.60. The number of carboxylic acid groups (broad SMARTS) is 1. The Kier molecular flexibility index (Phi) is 3.28. The number of rotatable bonds is 2. The van der Waals surface area contributed by atoms with E-state index in [-0.39, 0.29) is 0 Å². The third kappa shape index (κ3) is 3.16. The molecule has 1 amide bonds. The molecule has 0 radical (unpaired) electrons. The quantitative estimate of drug-likeness (QED) is 0.843. The number of nitrogens with zero attached hydrogens (tertiary/aromatic N) is 3. The van der Waals surface area contributed by atoms with Crippen LogP contribution in [-0.2, 0) is 6.54 Å². The zero-order valence-corrected chi connectivity index (χ0v) is 10.1. The van der Waals surface area contributed by atoms with Crippen LogP contribution < -0.4 is 0 Å². The number of hydrogen-bond acceptors (Lipinski definition) is 4.